The Bertz CT molecular complexity index is 164. The minimum Gasteiger partial charge on any atom is -0.0622 e. The van der Waals surface area contributed by atoms with Crippen LogP contribution in [0.25, 0.3) is 0 Å². The van der Waals surface area contributed by atoms with E-state index in [0.29, 0.717) is 0 Å². The van der Waals surface area contributed by atoms with Crippen molar-refractivity contribution in [2.24, 2.45) is 23.7 Å². The van der Waals surface area contributed by atoms with Gasteiger partial charge in [-0.1, -0.05) is 26.7 Å². The first-order valence-corrected chi connectivity index (χ1v) is 6.90. The van der Waals surface area contributed by atoms with Gasteiger partial charge in [-0.25, -0.2) is 0 Å². The highest BCUT2D eigenvalue weighted by Crippen LogP contribution is 2.37. The van der Waals surface area contributed by atoms with Crippen molar-refractivity contribution in [1.29, 1.82) is 0 Å². The van der Waals surface area contributed by atoms with Gasteiger partial charge in [-0.15, -0.1) is 0 Å². The molecule has 2 fully saturated rings. The zero-order chi connectivity index (χ0) is 10.7. The molecule has 0 aliphatic heterocycles. The Labute approximate surface area is 95.8 Å². The Morgan fingerprint density at radius 3 is 1.73 bits per heavy atom. The van der Waals surface area contributed by atoms with Gasteiger partial charge < -0.3 is 0 Å². The van der Waals surface area contributed by atoms with Crippen LogP contribution in [-0.4, -0.2) is 0 Å². The number of hydrogen-bond acceptors (Lipinski definition) is 0. The molecule has 4 unspecified atom stereocenters. The maximum atomic E-state index is 2.52. The van der Waals surface area contributed by atoms with E-state index < -0.39 is 0 Å². The van der Waals surface area contributed by atoms with Crippen LogP contribution in [0, 0.1) is 36.5 Å². The van der Waals surface area contributed by atoms with E-state index in [0.717, 1.165) is 23.7 Å². The maximum Gasteiger partial charge on any atom is -0.0357 e. The third-order valence-corrected chi connectivity index (χ3v) is 4.36. The Kier molecular flexibility index (Phi) is 4.11. The molecular weight excluding hydrogens is 180 g/mol. The fraction of sp³-hybridized carbons (Fsp3) is 0.867. The summed E-state index contributed by atoms with van der Waals surface area (Å²) in [5, 5.41) is 0. The quantitative estimate of drug-likeness (QED) is 0.616. The molecule has 0 amide bonds. The maximum absolute atomic E-state index is 2.52. The van der Waals surface area contributed by atoms with Crippen molar-refractivity contribution in [3.05, 3.63) is 12.8 Å². The van der Waals surface area contributed by atoms with E-state index in [9.17, 15) is 0 Å². The minimum absolute atomic E-state index is 0.885. The smallest absolute Gasteiger partial charge is 0.0357 e. The van der Waals surface area contributed by atoms with Crippen molar-refractivity contribution in [2.45, 2.75) is 58.8 Å². The molecule has 2 saturated carbocycles. The number of hydrogen-bond donors (Lipinski definition) is 0. The lowest BCUT2D eigenvalue weighted by molar-refractivity contribution is 0.231. The molecule has 15 heavy (non-hydrogen) atoms. The van der Waals surface area contributed by atoms with Crippen LogP contribution in [0.5, 0.6) is 0 Å². The highest BCUT2D eigenvalue weighted by atomic mass is 14.3. The molecule has 0 nitrogen and oxygen atoms in total. The largest absolute Gasteiger partial charge is 0.0622 e. The topological polar surface area (TPSA) is 0 Å². The fourth-order valence-electron chi connectivity index (χ4n) is 3.61. The van der Waals surface area contributed by atoms with Gasteiger partial charge in [0.2, 0.25) is 0 Å². The van der Waals surface area contributed by atoms with E-state index in [1.165, 1.54) is 44.9 Å². The average molecular weight is 206 g/mol. The van der Waals surface area contributed by atoms with Gasteiger partial charge in [0, 0.05) is 0 Å². The molecule has 2 aliphatic carbocycles. The fourth-order valence-corrected chi connectivity index (χ4v) is 3.61. The van der Waals surface area contributed by atoms with Crippen LogP contribution in [0.2, 0.25) is 0 Å². The van der Waals surface area contributed by atoms with E-state index in [-0.39, 0.29) is 0 Å². The highest BCUT2D eigenvalue weighted by Gasteiger charge is 2.25. The first-order chi connectivity index (χ1) is 7.24. The third kappa shape index (κ3) is 3.50. The second-order valence-electron chi connectivity index (χ2n) is 6.02. The van der Waals surface area contributed by atoms with Crippen LogP contribution in [0.15, 0.2) is 0 Å². The molecule has 0 aromatic heterocycles. The van der Waals surface area contributed by atoms with Crippen LogP contribution in [0.3, 0.4) is 0 Å². The summed E-state index contributed by atoms with van der Waals surface area (Å²) in [6.45, 7) is 4.78. The second kappa shape index (κ2) is 5.37. The summed E-state index contributed by atoms with van der Waals surface area (Å²) in [6, 6.07) is 0. The molecule has 4 atom stereocenters. The van der Waals surface area contributed by atoms with E-state index >= 15 is 0 Å². The van der Waals surface area contributed by atoms with Crippen molar-refractivity contribution in [3.8, 4) is 0 Å². The molecule has 0 aromatic rings. The summed E-state index contributed by atoms with van der Waals surface area (Å²) in [5.74, 6) is 3.85. The van der Waals surface area contributed by atoms with E-state index in [2.05, 4.69) is 26.7 Å². The Morgan fingerprint density at radius 1 is 0.867 bits per heavy atom. The van der Waals surface area contributed by atoms with Crippen LogP contribution in [-0.2, 0) is 0 Å². The van der Waals surface area contributed by atoms with Gasteiger partial charge in [-0.3, -0.25) is 0 Å². The SMILES string of the molecule is CC1[CH]CCC(CC2CC[CH]C(C)C2)C1. The van der Waals surface area contributed by atoms with Crippen LogP contribution >= 0.6 is 0 Å². The van der Waals surface area contributed by atoms with Gasteiger partial charge in [0.1, 0.15) is 0 Å². The van der Waals surface area contributed by atoms with Crippen molar-refractivity contribution >= 4 is 0 Å². The summed E-state index contributed by atoms with van der Waals surface area (Å²) in [6.07, 6.45) is 15.2. The molecule has 2 radical (unpaired) electrons. The second-order valence-corrected chi connectivity index (χ2v) is 6.02. The van der Waals surface area contributed by atoms with Gasteiger partial charge >= 0.3 is 0 Å². The third-order valence-electron chi connectivity index (χ3n) is 4.36. The predicted molar refractivity (Wildman–Crippen MR) is 66.2 cm³/mol. The molecule has 0 saturated heterocycles. The summed E-state index contributed by atoms with van der Waals surface area (Å²) in [4.78, 5) is 0. The van der Waals surface area contributed by atoms with Crippen LogP contribution in [0.4, 0.5) is 0 Å². The molecule has 0 aromatic carbocycles. The lowest BCUT2D eigenvalue weighted by Gasteiger charge is -2.33. The minimum atomic E-state index is 0.885. The van der Waals surface area contributed by atoms with E-state index in [4.69, 9.17) is 0 Å². The Morgan fingerprint density at radius 2 is 1.33 bits per heavy atom. The van der Waals surface area contributed by atoms with Crippen molar-refractivity contribution in [2.75, 3.05) is 0 Å². The zero-order valence-corrected chi connectivity index (χ0v) is 10.4. The molecular formula is C15H26. The zero-order valence-electron chi connectivity index (χ0n) is 10.4. The van der Waals surface area contributed by atoms with Gasteiger partial charge in [0.25, 0.3) is 0 Å². The molecule has 0 heterocycles. The van der Waals surface area contributed by atoms with Gasteiger partial charge in [0.15, 0.2) is 0 Å². The number of rotatable bonds is 2. The Hall–Kier alpha value is 0. The summed E-state index contributed by atoms with van der Waals surface area (Å²) in [7, 11) is 0. The van der Waals surface area contributed by atoms with Gasteiger partial charge in [0.05, 0.1) is 0 Å². The van der Waals surface area contributed by atoms with Crippen molar-refractivity contribution < 1.29 is 0 Å². The summed E-state index contributed by atoms with van der Waals surface area (Å²) in [5.41, 5.74) is 0. The molecule has 0 spiro atoms. The average Bonchev–Trinajstić information content (AvgIpc) is 2.17. The lowest BCUT2D eigenvalue weighted by Crippen LogP contribution is -2.21. The first-order valence-electron chi connectivity index (χ1n) is 6.90. The summed E-state index contributed by atoms with van der Waals surface area (Å²) >= 11 is 0. The molecule has 0 N–H and O–H groups in total. The van der Waals surface area contributed by atoms with Gasteiger partial charge in [-0.2, -0.15) is 0 Å². The standard InChI is InChI=1S/C15H26/c1-12-5-3-7-14(9-12)11-15-8-4-6-13(2)10-15/h5-6,12-15H,3-4,7-11H2,1-2H3. The monoisotopic (exact) mass is 206 g/mol. The molecule has 0 heteroatoms. The predicted octanol–water partition coefficient (Wildman–Crippen LogP) is 4.66. The van der Waals surface area contributed by atoms with Crippen molar-refractivity contribution in [3.63, 3.8) is 0 Å². The van der Waals surface area contributed by atoms with Gasteiger partial charge in [-0.05, 0) is 68.6 Å². The van der Waals surface area contributed by atoms with E-state index in [1.54, 1.807) is 0 Å². The molecule has 0 bridgehead atoms. The molecule has 86 valence electrons. The Balaban J connectivity index is 1.75. The lowest BCUT2D eigenvalue weighted by atomic mass is 9.73. The first kappa shape index (κ1) is 11.5. The normalized spacial score (nSPS) is 42.8. The molecule has 2 rings (SSSR count). The highest BCUT2D eigenvalue weighted by molar-refractivity contribution is 4.87. The van der Waals surface area contributed by atoms with Crippen LogP contribution < -0.4 is 0 Å². The summed E-state index contributed by atoms with van der Waals surface area (Å²) < 4.78 is 0. The molecule has 2 aliphatic rings. The van der Waals surface area contributed by atoms with Crippen molar-refractivity contribution in [1.82, 2.24) is 0 Å². The van der Waals surface area contributed by atoms with E-state index in [1.807, 2.05) is 0 Å². The van der Waals surface area contributed by atoms with Crippen LogP contribution in [0.1, 0.15) is 58.8 Å².